The average molecular weight is 479 g/mol. The molecule has 2 aromatic carbocycles. The second kappa shape index (κ2) is 9.69. The lowest BCUT2D eigenvalue weighted by Crippen LogP contribution is -2.49. The fourth-order valence-corrected chi connectivity index (χ4v) is 4.17. The highest BCUT2D eigenvalue weighted by Gasteiger charge is 2.23. The Bertz CT molecular complexity index is 1190. The number of hydrogen-bond donors (Lipinski definition) is 0. The van der Waals surface area contributed by atoms with E-state index < -0.39 is 0 Å². The molecule has 3 aromatic rings. The zero-order valence-corrected chi connectivity index (χ0v) is 19.2. The van der Waals surface area contributed by atoms with Crippen molar-refractivity contribution in [2.45, 2.75) is 12.8 Å². The van der Waals surface area contributed by atoms with E-state index in [0.717, 1.165) is 22.8 Å². The molecule has 0 atom stereocenters. The number of amides is 1. The van der Waals surface area contributed by atoms with Gasteiger partial charge in [0.15, 0.2) is 23.1 Å². The van der Waals surface area contributed by atoms with Crippen molar-refractivity contribution in [3.05, 3.63) is 65.2 Å². The van der Waals surface area contributed by atoms with Crippen LogP contribution >= 0.6 is 11.6 Å². The smallest absolute Gasteiger partial charge is 0.231 e. The van der Waals surface area contributed by atoms with E-state index in [1.165, 1.54) is 0 Å². The number of ether oxygens (including phenoxy) is 2. The maximum absolute atomic E-state index is 12.6. The van der Waals surface area contributed by atoms with E-state index in [-0.39, 0.29) is 31.3 Å². The Morgan fingerprint density at radius 3 is 2.35 bits per heavy atom. The van der Waals surface area contributed by atoms with Gasteiger partial charge in [-0.1, -0.05) is 11.6 Å². The van der Waals surface area contributed by atoms with Crippen LogP contribution in [0, 0.1) is 0 Å². The van der Waals surface area contributed by atoms with Crippen LogP contribution in [0.15, 0.2) is 54.6 Å². The van der Waals surface area contributed by atoms with Gasteiger partial charge in [-0.15, -0.1) is 10.2 Å². The first-order chi connectivity index (χ1) is 16.6. The SMILES string of the molecule is O=C(CCC(=O)N1CCN(c2ccc(-c3ccc4c(c3)OCO4)nn2)CC1)c1ccc(Cl)cc1. The minimum Gasteiger partial charge on any atom is -0.454 e. The van der Waals surface area contributed by atoms with Gasteiger partial charge >= 0.3 is 0 Å². The molecule has 0 spiro atoms. The monoisotopic (exact) mass is 478 g/mol. The van der Waals surface area contributed by atoms with E-state index in [2.05, 4.69) is 15.1 Å². The quantitative estimate of drug-likeness (QED) is 0.497. The summed E-state index contributed by atoms with van der Waals surface area (Å²) in [6.07, 6.45) is 0.388. The van der Waals surface area contributed by atoms with Crippen molar-refractivity contribution in [1.82, 2.24) is 15.1 Å². The van der Waals surface area contributed by atoms with Gasteiger partial charge in [0.2, 0.25) is 12.7 Å². The van der Waals surface area contributed by atoms with E-state index >= 15 is 0 Å². The first-order valence-electron chi connectivity index (χ1n) is 11.1. The van der Waals surface area contributed by atoms with Crippen molar-refractivity contribution in [2.24, 2.45) is 0 Å². The van der Waals surface area contributed by atoms with Crippen molar-refractivity contribution in [3.63, 3.8) is 0 Å². The molecule has 1 saturated heterocycles. The number of benzene rings is 2. The largest absolute Gasteiger partial charge is 0.454 e. The third kappa shape index (κ3) is 4.82. The molecule has 1 aromatic heterocycles. The lowest BCUT2D eigenvalue weighted by Gasteiger charge is -2.35. The van der Waals surface area contributed by atoms with Crippen LogP contribution in [0.1, 0.15) is 23.2 Å². The fraction of sp³-hybridized carbons (Fsp3) is 0.280. The number of fused-ring (bicyclic) bond motifs is 1. The number of aromatic nitrogens is 2. The molecule has 0 radical (unpaired) electrons. The maximum Gasteiger partial charge on any atom is 0.231 e. The molecular weight excluding hydrogens is 456 g/mol. The summed E-state index contributed by atoms with van der Waals surface area (Å²) in [6.45, 7) is 2.72. The van der Waals surface area contributed by atoms with Crippen LogP contribution in [0.5, 0.6) is 11.5 Å². The Labute approximate surface area is 202 Å². The standard InChI is InChI=1S/C25H23ClN4O4/c26-19-4-1-17(2-5-19)21(31)7-10-25(32)30-13-11-29(12-14-30)24-9-6-20(27-28-24)18-3-8-22-23(15-18)34-16-33-22/h1-6,8-9,15H,7,10-14,16H2. The Kier molecular flexibility index (Phi) is 6.31. The van der Waals surface area contributed by atoms with Gasteiger partial charge in [0.05, 0.1) is 5.69 Å². The number of halogens is 1. The average Bonchev–Trinajstić information content (AvgIpc) is 3.36. The zero-order chi connectivity index (χ0) is 23.5. The van der Waals surface area contributed by atoms with Gasteiger partial charge in [0, 0.05) is 55.2 Å². The van der Waals surface area contributed by atoms with Crippen LogP contribution in [0.2, 0.25) is 5.02 Å². The summed E-state index contributed by atoms with van der Waals surface area (Å²) in [5, 5.41) is 9.34. The summed E-state index contributed by atoms with van der Waals surface area (Å²) in [5.74, 6) is 2.15. The molecular formula is C25H23ClN4O4. The van der Waals surface area contributed by atoms with E-state index in [0.29, 0.717) is 42.5 Å². The molecule has 2 aliphatic heterocycles. The second-order valence-electron chi connectivity index (χ2n) is 8.14. The summed E-state index contributed by atoms with van der Waals surface area (Å²) < 4.78 is 10.8. The van der Waals surface area contributed by atoms with Crippen molar-refractivity contribution in [2.75, 3.05) is 37.9 Å². The number of rotatable bonds is 6. The first kappa shape index (κ1) is 22.2. The number of hydrogen-bond acceptors (Lipinski definition) is 7. The van der Waals surface area contributed by atoms with Gasteiger partial charge in [-0.25, -0.2) is 0 Å². The molecule has 2 aliphatic rings. The summed E-state index contributed by atoms with van der Waals surface area (Å²) in [4.78, 5) is 28.8. The van der Waals surface area contributed by atoms with E-state index in [1.807, 2.05) is 30.3 Å². The van der Waals surface area contributed by atoms with Crippen molar-refractivity contribution in [1.29, 1.82) is 0 Å². The van der Waals surface area contributed by atoms with Gasteiger partial charge in [0.25, 0.3) is 0 Å². The number of piperazine rings is 1. The molecule has 5 rings (SSSR count). The molecule has 34 heavy (non-hydrogen) atoms. The van der Waals surface area contributed by atoms with Crippen LogP contribution in [0.4, 0.5) is 5.82 Å². The molecule has 174 valence electrons. The van der Waals surface area contributed by atoms with Crippen molar-refractivity contribution in [3.8, 4) is 22.8 Å². The highest BCUT2D eigenvalue weighted by molar-refractivity contribution is 6.30. The Morgan fingerprint density at radius 2 is 1.62 bits per heavy atom. The van der Waals surface area contributed by atoms with Gasteiger partial charge < -0.3 is 19.3 Å². The molecule has 0 unspecified atom stereocenters. The van der Waals surface area contributed by atoms with E-state index in [1.54, 1.807) is 29.2 Å². The molecule has 9 heteroatoms. The predicted molar refractivity (Wildman–Crippen MR) is 127 cm³/mol. The minimum absolute atomic E-state index is 0.00814. The number of nitrogens with zero attached hydrogens (tertiary/aromatic N) is 4. The number of carbonyl (C=O) groups is 2. The molecule has 1 amide bonds. The summed E-state index contributed by atoms with van der Waals surface area (Å²) >= 11 is 5.86. The fourth-order valence-electron chi connectivity index (χ4n) is 4.05. The Morgan fingerprint density at radius 1 is 0.853 bits per heavy atom. The summed E-state index contributed by atoms with van der Waals surface area (Å²) in [7, 11) is 0. The molecule has 8 nitrogen and oxygen atoms in total. The van der Waals surface area contributed by atoms with Crippen LogP contribution in [0.25, 0.3) is 11.3 Å². The maximum atomic E-state index is 12.6. The Balaban J connectivity index is 1.12. The van der Waals surface area contributed by atoms with Crippen molar-refractivity contribution < 1.29 is 19.1 Å². The van der Waals surface area contributed by atoms with Crippen LogP contribution in [0.3, 0.4) is 0 Å². The predicted octanol–water partition coefficient (Wildman–Crippen LogP) is 3.84. The van der Waals surface area contributed by atoms with E-state index in [4.69, 9.17) is 21.1 Å². The van der Waals surface area contributed by atoms with Crippen LogP contribution in [-0.4, -0.2) is 59.8 Å². The molecule has 0 N–H and O–H groups in total. The topological polar surface area (TPSA) is 84.9 Å². The van der Waals surface area contributed by atoms with Crippen LogP contribution < -0.4 is 14.4 Å². The van der Waals surface area contributed by atoms with Gasteiger partial charge in [0.1, 0.15) is 0 Å². The molecule has 0 saturated carbocycles. The molecule has 1 fully saturated rings. The normalized spacial score (nSPS) is 14.9. The molecule has 0 aliphatic carbocycles. The van der Waals surface area contributed by atoms with Gasteiger partial charge in [-0.05, 0) is 54.6 Å². The lowest BCUT2D eigenvalue weighted by molar-refractivity contribution is -0.131. The molecule has 0 bridgehead atoms. The van der Waals surface area contributed by atoms with E-state index in [9.17, 15) is 9.59 Å². The number of carbonyl (C=O) groups excluding carboxylic acids is 2. The first-order valence-corrected chi connectivity index (χ1v) is 11.5. The number of Topliss-reactive ketones (excluding diaryl/α,β-unsaturated/α-hetero) is 1. The lowest BCUT2D eigenvalue weighted by atomic mass is 10.1. The Hall–Kier alpha value is -3.65. The van der Waals surface area contributed by atoms with Gasteiger partial charge in [-0.3, -0.25) is 9.59 Å². The molecule has 3 heterocycles. The summed E-state index contributed by atoms with van der Waals surface area (Å²) in [5.41, 5.74) is 2.23. The highest BCUT2D eigenvalue weighted by Crippen LogP contribution is 2.35. The number of ketones is 1. The van der Waals surface area contributed by atoms with Gasteiger partial charge in [-0.2, -0.15) is 0 Å². The number of anilines is 1. The third-order valence-corrected chi connectivity index (χ3v) is 6.26. The zero-order valence-electron chi connectivity index (χ0n) is 18.4. The van der Waals surface area contributed by atoms with Crippen molar-refractivity contribution >= 4 is 29.1 Å². The van der Waals surface area contributed by atoms with Crippen LogP contribution in [-0.2, 0) is 4.79 Å². The second-order valence-corrected chi connectivity index (χ2v) is 8.58. The third-order valence-electron chi connectivity index (χ3n) is 6.01. The highest BCUT2D eigenvalue weighted by atomic mass is 35.5. The summed E-state index contributed by atoms with van der Waals surface area (Å²) in [6, 6.07) is 16.3. The minimum atomic E-state index is -0.0542.